The Morgan fingerprint density at radius 1 is 1.28 bits per heavy atom. The Kier molecular flexibility index (Phi) is 4.56. The molecule has 0 saturated carbocycles. The smallest absolute Gasteiger partial charge is 0.315 e. The molecule has 1 aromatic rings. The lowest BCUT2D eigenvalue weighted by Crippen LogP contribution is -2.50. The van der Waals surface area contributed by atoms with Crippen molar-refractivity contribution in [3.63, 3.8) is 0 Å². The average molecular weight is 349 g/mol. The minimum absolute atomic E-state index is 0.0183. The van der Waals surface area contributed by atoms with E-state index in [1.165, 1.54) is 0 Å². The molecule has 2 atom stereocenters. The highest BCUT2D eigenvalue weighted by molar-refractivity contribution is 5.75. The number of ether oxygens (including phenoxy) is 1. The molecule has 0 aliphatic carbocycles. The lowest BCUT2D eigenvalue weighted by atomic mass is 9.94. The first-order valence-corrected chi connectivity index (χ1v) is 9.29. The summed E-state index contributed by atoms with van der Waals surface area (Å²) in [5, 5.41) is 10.8. The first-order chi connectivity index (χ1) is 11.6. The van der Waals surface area contributed by atoms with Crippen molar-refractivity contribution in [1.82, 2.24) is 25.4 Å². The van der Waals surface area contributed by atoms with E-state index in [9.17, 15) is 4.79 Å². The number of rotatable bonds is 3. The van der Waals surface area contributed by atoms with Gasteiger partial charge in [-0.1, -0.05) is 13.8 Å². The summed E-state index contributed by atoms with van der Waals surface area (Å²) < 4.78 is 8.00. The van der Waals surface area contributed by atoms with E-state index in [1.54, 1.807) is 0 Å². The van der Waals surface area contributed by atoms with Gasteiger partial charge in [-0.15, -0.1) is 0 Å². The summed E-state index contributed by atoms with van der Waals surface area (Å²) >= 11 is 0. The number of aromatic nitrogens is 3. The fourth-order valence-corrected chi connectivity index (χ4v) is 3.90. The van der Waals surface area contributed by atoms with Crippen LogP contribution in [0.4, 0.5) is 4.79 Å². The van der Waals surface area contributed by atoms with Crippen LogP contribution in [0.2, 0.25) is 0 Å². The predicted octanol–water partition coefficient (Wildman–Crippen LogP) is 2.88. The Bertz CT molecular complexity index is 650. The van der Waals surface area contributed by atoms with Gasteiger partial charge in [0.05, 0.1) is 23.3 Å². The number of carbonyl (C=O) groups excluding carboxylic acids is 1. The predicted molar refractivity (Wildman–Crippen MR) is 95.4 cm³/mol. The molecule has 2 N–H and O–H groups in total. The zero-order valence-corrected chi connectivity index (χ0v) is 16.2. The van der Waals surface area contributed by atoms with E-state index >= 15 is 0 Å². The molecular formula is C18H31N5O2. The first-order valence-electron chi connectivity index (χ1n) is 9.29. The van der Waals surface area contributed by atoms with Gasteiger partial charge >= 0.3 is 6.03 Å². The van der Waals surface area contributed by atoms with Gasteiger partial charge in [0.25, 0.3) is 0 Å². The SMILES string of the molecule is CC(C)c1nc2n(n1)CCC[C@@H]2NC(=O)N[C@@H]1CC(C)(C)OC1(C)C. The van der Waals surface area contributed by atoms with Crippen molar-refractivity contribution >= 4 is 6.03 Å². The van der Waals surface area contributed by atoms with Crippen molar-refractivity contribution in [2.75, 3.05) is 0 Å². The van der Waals surface area contributed by atoms with Gasteiger partial charge in [-0.3, -0.25) is 0 Å². The summed E-state index contributed by atoms with van der Waals surface area (Å²) in [5.74, 6) is 2.00. The van der Waals surface area contributed by atoms with Crippen molar-refractivity contribution < 1.29 is 9.53 Å². The molecule has 1 saturated heterocycles. The van der Waals surface area contributed by atoms with Gasteiger partial charge in [0.2, 0.25) is 0 Å². The number of hydrogen-bond acceptors (Lipinski definition) is 4. The standard InChI is InChI=1S/C18H31N5O2/c1-11(2)14-21-15-12(8-7-9-23(15)22-14)19-16(24)20-13-10-17(3,4)25-18(13,5)6/h11-13H,7-10H2,1-6H3,(H2,19,20,24)/t12-,13+/m0/s1. The molecule has 2 aliphatic heterocycles. The summed E-state index contributed by atoms with van der Waals surface area (Å²) in [6, 6.07) is -0.269. The van der Waals surface area contributed by atoms with Crippen LogP contribution in [0.5, 0.6) is 0 Å². The molecule has 3 heterocycles. The van der Waals surface area contributed by atoms with Crippen LogP contribution in [0.25, 0.3) is 0 Å². The van der Waals surface area contributed by atoms with E-state index in [1.807, 2.05) is 18.5 Å². The molecule has 7 heteroatoms. The summed E-state index contributed by atoms with van der Waals surface area (Å²) in [6.07, 6.45) is 2.68. The van der Waals surface area contributed by atoms with Gasteiger partial charge in [0.15, 0.2) is 5.82 Å². The number of carbonyl (C=O) groups is 1. The lowest BCUT2D eigenvalue weighted by molar-refractivity contribution is -0.0691. The Balaban J connectivity index is 1.67. The molecule has 0 aromatic carbocycles. The van der Waals surface area contributed by atoms with E-state index in [0.29, 0.717) is 0 Å². The van der Waals surface area contributed by atoms with Gasteiger partial charge in [0.1, 0.15) is 5.82 Å². The monoisotopic (exact) mass is 349 g/mol. The molecule has 1 aromatic heterocycles. The second kappa shape index (κ2) is 6.27. The van der Waals surface area contributed by atoms with Crippen LogP contribution in [0.15, 0.2) is 0 Å². The number of fused-ring (bicyclic) bond motifs is 1. The second-order valence-electron chi connectivity index (χ2n) is 8.74. The van der Waals surface area contributed by atoms with Crippen LogP contribution in [0.3, 0.4) is 0 Å². The Labute approximate surface area is 149 Å². The molecule has 25 heavy (non-hydrogen) atoms. The minimum Gasteiger partial charge on any atom is -0.367 e. The van der Waals surface area contributed by atoms with Crippen LogP contribution in [-0.4, -0.2) is 38.0 Å². The fraction of sp³-hybridized carbons (Fsp3) is 0.833. The number of aryl methyl sites for hydroxylation is 1. The molecule has 0 spiro atoms. The molecule has 0 radical (unpaired) electrons. The highest BCUT2D eigenvalue weighted by Gasteiger charge is 2.46. The van der Waals surface area contributed by atoms with E-state index in [-0.39, 0.29) is 35.2 Å². The summed E-state index contributed by atoms with van der Waals surface area (Å²) in [6.45, 7) is 13.2. The maximum Gasteiger partial charge on any atom is 0.315 e. The minimum atomic E-state index is -0.377. The third kappa shape index (κ3) is 3.81. The largest absolute Gasteiger partial charge is 0.367 e. The Hall–Kier alpha value is -1.63. The normalized spacial score (nSPS) is 27.2. The Morgan fingerprint density at radius 3 is 2.60 bits per heavy atom. The number of urea groups is 1. The number of hydrogen-bond donors (Lipinski definition) is 2. The third-order valence-electron chi connectivity index (χ3n) is 5.09. The second-order valence-corrected chi connectivity index (χ2v) is 8.74. The molecule has 0 bridgehead atoms. The van der Waals surface area contributed by atoms with Crippen LogP contribution >= 0.6 is 0 Å². The fourth-order valence-electron chi connectivity index (χ4n) is 3.90. The van der Waals surface area contributed by atoms with Crippen LogP contribution in [-0.2, 0) is 11.3 Å². The van der Waals surface area contributed by atoms with E-state index in [0.717, 1.165) is 37.5 Å². The number of nitrogens with one attached hydrogen (secondary N) is 2. The number of nitrogens with zero attached hydrogens (tertiary/aromatic N) is 3. The number of amides is 2. The van der Waals surface area contributed by atoms with Crippen molar-refractivity contribution in [1.29, 1.82) is 0 Å². The molecule has 3 rings (SSSR count). The molecule has 7 nitrogen and oxygen atoms in total. The first kappa shape index (κ1) is 18.2. The quantitative estimate of drug-likeness (QED) is 0.879. The van der Waals surface area contributed by atoms with Crippen molar-refractivity contribution in [3.05, 3.63) is 11.6 Å². The maximum absolute atomic E-state index is 12.6. The zero-order chi connectivity index (χ0) is 18.4. The van der Waals surface area contributed by atoms with Crippen LogP contribution in [0.1, 0.15) is 84.4 Å². The van der Waals surface area contributed by atoms with Crippen molar-refractivity contribution in [2.24, 2.45) is 0 Å². The molecule has 2 amide bonds. The highest BCUT2D eigenvalue weighted by Crippen LogP contribution is 2.37. The summed E-state index contributed by atoms with van der Waals surface area (Å²) in [4.78, 5) is 17.2. The van der Waals surface area contributed by atoms with E-state index < -0.39 is 0 Å². The Morgan fingerprint density at radius 2 is 2.00 bits per heavy atom. The summed E-state index contributed by atoms with van der Waals surface area (Å²) in [7, 11) is 0. The van der Waals surface area contributed by atoms with Gasteiger partial charge in [-0.05, 0) is 47.0 Å². The van der Waals surface area contributed by atoms with Gasteiger partial charge < -0.3 is 15.4 Å². The summed E-state index contributed by atoms with van der Waals surface area (Å²) in [5.41, 5.74) is -0.600. The van der Waals surface area contributed by atoms with Crippen molar-refractivity contribution in [2.45, 2.75) is 96.6 Å². The lowest BCUT2D eigenvalue weighted by Gasteiger charge is -2.29. The van der Waals surface area contributed by atoms with E-state index in [4.69, 9.17) is 4.74 Å². The zero-order valence-electron chi connectivity index (χ0n) is 16.2. The molecular weight excluding hydrogens is 318 g/mol. The molecule has 140 valence electrons. The van der Waals surface area contributed by atoms with Crippen molar-refractivity contribution in [3.8, 4) is 0 Å². The molecule has 0 unspecified atom stereocenters. The maximum atomic E-state index is 12.6. The topological polar surface area (TPSA) is 81.1 Å². The van der Waals surface area contributed by atoms with Crippen LogP contribution < -0.4 is 10.6 Å². The van der Waals surface area contributed by atoms with Gasteiger partial charge in [0, 0.05) is 12.5 Å². The van der Waals surface area contributed by atoms with Crippen LogP contribution in [0, 0.1) is 0 Å². The van der Waals surface area contributed by atoms with Gasteiger partial charge in [-0.25, -0.2) is 14.5 Å². The highest BCUT2D eigenvalue weighted by atomic mass is 16.5. The average Bonchev–Trinajstić information content (AvgIpc) is 2.98. The third-order valence-corrected chi connectivity index (χ3v) is 5.09. The van der Waals surface area contributed by atoms with E-state index in [2.05, 4.69) is 48.4 Å². The van der Waals surface area contributed by atoms with Gasteiger partial charge in [-0.2, -0.15) is 5.10 Å². The molecule has 1 fully saturated rings. The molecule has 2 aliphatic rings.